The molecule has 0 aliphatic heterocycles. The maximum Gasteiger partial charge on any atom is 0.134 e. The van der Waals surface area contributed by atoms with Crippen LogP contribution in [0.5, 0.6) is 0 Å². The Hall–Kier alpha value is -2.71. The number of allylic oxidation sites excluding steroid dienone is 1. The van der Waals surface area contributed by atoms with Gasteiger partial charge in [0.15, 0.2) is 0 Å². The van der Waals surface area contributed by atoms with E-state index in [9.17, 15) is 9.65 Å². The highest BCUT2D eigenvalue weighted by Crippen LogP contribution is 2.27. The van der Waals surface area contributed by atoms with E-state index in [1.165, 1.54) is 23.5 Å². The fourth-order valence-corrected chi connectivity index (χ4v) is 2.60. The smallest absolute Gasteiger partial charge is 0.134 e. The predicted octanol–water partition coefficient (Wildman–Crippen LogP) is 4.61. The van der Waals surface area contributed by atoms with Crippen molar-refractivity contribution in [3.63, 3.8) is 0 Å². The Kier molecular flexibility index (Phi) is 3.63. The molecule has 5 heteroatoms. The predicted molar refractivity (Wildman–Crippen MR) is 79.7 cm³/mol. The average Bonchev–Trinajstić information content (AvgIpc) is 3.17. The molecule has 0 saturated heterocycles. The number of rotatable bonds is 3. The fraction of sp³-hybridized carbons (Fsp3) is 0. The van der Waals surface area contributed by atoms with Gasteiger partial charge in [-0.3, -0.25) is 0 Å². The first-order valence-electron chi connectivity index (χ1n) is 6.13. The SMILES string of the molecule is N#C/C(=C\c1ccco1)c1nc(-c2ccc(F)cc2)cs1. The van der Waals surface area contributed by atoms with Gasteiger partial charge in [0.2, 0.25) is 0 Å². The quantitative estimate of drug-likeness (QED) is 0.663. The lowest BCUT2D eigenvalue weighted by Gasteiger charge is -1.95. The first kappa shape index (κ1) is 13.3. The molecule has 0 radical (unpaired) electrons. The second-order valence-electron chi connectivity index (χ2n) is 4.23. The lowest BCUT2D eigenvalue weighted by atomic mass is 10.2. The molecular formula is C16H9FN2OS. The lowest BCUT2D eigenvalue weighted by Crippen LogP contribution is -1.82. The third-order valence-corrected chi connectivity index (χ3v) is 3.70. The molecule has 3 aromatic rings. The van der Waals surface area contributed by atoms with Gasteiger partial charge in [-0.15, -0.1) is 11.3 Å². The van der Waals surface area contributed by atoms with Crippen LogP contribution in [0.4, 0.5) is 4.39 Å². The Balaban J connectivity index is 1.94. The molecule has 3 rings (SSSR count). The minimum Gasteiger partial charge on any atom is -0.465 e. The normalized spacial score (nSPS) is 11.3. The summed E-state index contributed by atoms with van der Waals surface area (Å²) in [5.41, 5.74) is 1.97. The summed E-state index contributed by atoms with van der Waals surface area (Å²) < 4.78 is 18.1. The highest BCUT2D eigenvalue weighted by Gasteiger charge is 2.09. The van der Waals surface area contributed by atoms with Gasteiger partial charge in [0.25, 0.3) is 0 Å². The Bertz CT molecular complexity index is 811. The average molecular weight is 296 g/mol. The molecule has 3 nitrogen and oxygen atoms in total. The van der Waals surface area contributed by atoms with E-state index >= 15 is 0 Å². The van der Waals surface area contributed by atoms with Gasteiger partial charge >= 0.3 is 0 Å². The van der Waals surface area contributed by atoms with Crippen LogP contribution in [-0.2, 0) is 0 Å². The summed E-state index contributed by atoms with van der Waals surface area (Å²) >= 11 is 1.37. The summed E-state index contributed by atoms with van der Waals surface area (Å²) in [4.78, 5) is 4.43. The van der Waals surface area contributed by atoms with E-state index in [2.05, 4.69) is 11.1 Å². The number of furan rings is 1. The molecule has 0 N–H and O–H groups in total. The number of hydrogen-bond acceptors (Lipinski definition) is 4. The van der Waals surface area contributed by atoms with Crippen molar-refractivity contribution in [3.05, 3.63) is 64.6 Å². The topological polar surface area (TPSA) is 49.8 Å². The zero-order chi connectivity index (χ0) is 14.7. The van der Waals surface area contributed by atoms with Gasteiger partial charge in [-0.05, 0) is 36.4 Å². The number of hydrogen-bond donors (Lipinski definition) is 0. The summed E-state index contributed by atoms with van der Waals surface area (Å²) in [6.45, 7) is 0. The van der Waals surface area contributed by atoms with Crippen LogP contribution in [0, 0.1) is 17.1 Å². The summed E-state index contributed by atoms with van der Waals surface area (Å²) in [5.74, 6) is 0.315. The Morgan fingerprint density at radius 2 is 2.10 bits per heavy atom. The second kappa shape index (κ2) is 5.73. The molecule has 102 valence electrons. The van der Waals surface area contributed by atoms with Crippen LogP contribution in [0.1, 0.15) is 10.8 Å². The van der Waals surface area contributed by atoms with Crippen LogP contribution in [0.3, 0.4) is 0 Å². The zero-order valence-electron chi connectivity index (χ0n) is 10.8. The van der Waals surface area contributed by atoms with E-state index in [0.717, 1.165) is 11.3 Å². The first-order chi connectivity index (χ1) is 10.3. The monoisotopic (exact) mass is 296 g/mol. The minimum absolute atomic E-state index is 0.287. The molecule has 0 spiro atoms. The fourth-order valence-electron chi connectivity index (χ4n) is 1.81. The van der Waals surface area contributed by atoms with Crippen LogP contribution >= 0.6 is 11.3 Å². The summed E-state index contributed by atoms with van der Waals surface area (Å²) in [7, 11) is 0. The molecule has 2 aromatic heterocycles. The molecule has 0 aliphatic carbocycles. The van der Waals surface area contributed by atoms with Crippen molar-refractivity contribution >= 4 is 23.0 Å². The van der Waals surface area contributed by atoms with E-state index in [1.54, 1.807) is 36.6 Å². The molecule has 2 heterocycles. The van der Waals surface area contributed by atoms with Gasteiger partial charge < -0.3 is 4.42 Å². The number of halogens is 1. The number of nitrogens with zero attached hydrogens (tertiary/aromatic N) is 2. The van der Waals surface area contributed by atoms with Crippen LogP contribution in [0.15, 0.2) is 52.5 Å². The molecule has 0 fully saturated rings. The van der Waals surface area contributed by atoms with E-state index < -0.39 is 0 Å². The molecule has 0 bridgehead atoms. The van der Waals surface area contributed by atoms with E-state index in [1.807, 2.05) is 5.38 Å². The van der Waals surface area contributed by atoms with Gasteiger partial charge in [0, 0.05) is 17.0 Å². The Morgan fingerprint density at radius 3 is 2.76 bits per heavy atom. The van der Waals surface area contributed by atoms with Gasteiger partial charge in [-0.2, -0.15) is 5.26 Å². The molecule has 1 aromatic carbocycles. The van der Waals surface area contributed by atoms with Crippen molar-refractivity contribution in [2.75, 3.05) is 0 Å². The summed E-state index contributed by atoms with van der Waals surface area (Å²) in [6, 6.07) is 11.7. The van der Waals surface area contributed by atoms with E-state index in [0.29, 0.717) is 16.3 Å². The first-order valence-corrected chi connectivity index (χ1v) is 7.01. The van der Waals surface area contributed by atoms with Crippen molar-refractivity contribution < 1.29 is 8.81 Å². The number of aromatic nitrogens is 1. The molecule has 0 aliphatic rings. The minimum atomic E-state index is -0.287. The standard InChI is InChI=1S/C16H9FN2OS/c17-13-5-3-11(4-6-13)15-10-21-16(19-15)12(9-18)8-14-2-1-7-20-14/h1-8,10H/b12-8+. The van der Waals surface area contributed by atoms with E-state index in [4.69, 9.17) is 4.42 Å². The highest BCUT2D eigenvalue weighted by atomic mass is 32.1. The molecule has 0 atom stereocenters. The van der Waals surface area contributed by atoms with Crippen molar-refractivity contribution in [1.29, 1.82) is 5.26 Å². The van der Waals surface area contributed by atoms with Crippen molar-refractivity contribution in [2.24, 2.45) is 0 Å². The third kappa shape index (κ3) is 2.91. The van der Waals surface area contributed by atoms with Crippen LogP contribution in [0.2, 0.25) is 0 Å². The maximum absolute atomic E-state index is 12.9. The van der Waals surface area contributed by atoms with Crippen LogP contribution in [0.25, 0.3) is 22.9 Å². The second-order valence-corrected chi connectivity index (χ2v) is 5.09. The number of nitriles is 1. The van der Waals surface area contributed by atoms with Crippen molar-refractivity contribution in [1.82, 2.24) is 4.98 Å². The summed E-state index contributed by atoms with van der Waals surface area (Å²) in [5, 5.41) is 11.7. The Labute approximate surface area is 124 Å². The molecule has 21 heavy (non-hydrogen) atoms. The van der Waals surface area contributed by atoms with Gasteiger partial charge in [-0.25, -0.2) is 9.37 Å². The number of thiazole rings is 1. The molecule has 0 unspecified atom stereocenters. The molecule has 0 saturated carbocycles. The van der Waals surface area contributed by atoms with Crippen LogP contribution in [-0.4, -0.2) is 4.98 Å². The highest BCUT2D eigenvalue weighted by molar-refractivity contribution is 7.11. The molecule has 0 amide bonds. The van der Waals surface area contributed by atoms with Crippen LogP contribution < -0.4 is 0 Å². The Morgan fingerprint density at radius 1 is 1.29 bits per heavy atom. The van der Waals surface area contributed by atoms with E-state index in [-0.39, 0.29) is 5.82 Å². The van der Waals surface area contributed by atoms with Gasteiger partial charge in [-0.1, -0.05) is 0 Å². The van der Waals surface area contributed by atoms with Crippen molar-refractivity contribution in [3.8, 4) is 17.3 Å². The third-order valence-electron chi connectivity index (χ3n) is 2.82. The maximum atomic E-state index is 12.9. The van der Waals surface area contributed by atoms with Crippen molar-refractivity contribution in [2.45, 2.75) is 0 Å². The largest absolute Gasteiger partial charge is 0.465 e. The van der Waals surface area contributed by atoms with Gasteiger partial charge in [0.1, 0.15) is 22.7 Å². The van der Waals surface area contributed by atoms with Gasteiger partial charge in [0.05, 0.1) is 17.5 Å². The number of benzene rings is 1. The zero-order valence-corrected chi connectivity index (χ0v) is 11.6. The molecular weight excluding hydrogens is 287 g/mol. The summed E-state index contributed by atoms with van der Waals surface area (Å²) in [6.07, 6.45) is 3.19. The lowest BCUT2D eigenvalue weighted by molar-refractivity contribution is 0.557.